The van der Waals surface area contributed by atoms with E-state index < -0.39 is 0 Å². The first-order valence-corrected chi connectivity index (χ1v) is 9.11. The Morgan fingerprint density at radius 3 is 2.22 bits per heavy atom. The van der Waals surface area contributed by atoms with Gasteiger partial charge in [-0.05, 0) is 35.4 Å². The third-order valence-corrected chi connectivity index (χ3v) is 5.09. The van der Waals surface area contributed by atoms with Crippen molar-refractivity contribution in [3.63, 3.8) is 0 Å². The number of rotatable bonds is 3. The highest BCUT2D eigenvalue weighted by atomic mass is 16.3. The van der Waals surface area contributed by atoms with E-state index in [1.807, 2.05) is 18.2 Å². The molecule has 1 aromatic heterocycles. The Kier molecular flexibility index (Phi) is 3.68. The Hall–Kier alpha value is -3.52. The zero-order valence-corrected chi connectivity index (χ0v) is 15.1. The summed E-state index contributed by atoms with van der Waals surface area (Å²) >= 11 is 0. The van der Waals surface area contributed by atoms with Crippen molar-refractivity contribution in [2.24, 2.45) is 0 Å². The van der Waals surface area contributed by atoms with Gasteiger partial charge in [-0.15, -0.1) is 0 Å². The number of nitrogens with zero attached hydrogens (tertiary/aromatic N) is 1. The Labute approximate surface area is 158 Å². The molecule has 0 N–H and O–H groups in total. The second kappa shape index (κ2) is 6.33. The molecule has 0 aliphatic rings. The third-order valence-electron chi connectivity index (χ3n) is 5.09. The van der Waals surface area contributed by atoms with E-state index in [-0.39, 0.29) is 0 Å². The summed E-state index contributed by atoms with van der Waals surface area (Å²) in [6.45, 7) is 0. The van der Waals surface area contributed by atoms with Gasteiger partial charge in [-0.3, -0.25) is 0 Å². The van der Waals surface area contributed by atoms with Crippen LogP contribution in [-0.2, 0) is 0 Å². The maximum atomic E-state index is 6.20. The average molecular weight is 349 g/mol. The summed E-state index contributed by atoms with van der Waals surface area (Å²) in [5, 5.41) is 2.30. The van der Waals surface area contributed by atoms with Gasteiger partial charge in [0.25, 0.3) is 0 Å². The van der Waals surface area contributed by atoms with Crippen molar-refractivity contribution in [1.82, 2.24) is 0 Å². The molecule has 2 heteroatoms. The summed E-state index contributed by atoms with van der Waals surface area (Å²) in [6, 6.07) is 33.6. The quantitative estimate of drug-likeness (QED) is 0.348. The molecular formula is C25H19NO. The van der Waals surface area contributed by atoms with Crippen molar-refractivity contribution in [3.8, 4) is 11.1 Å². The summed E-state index contributed by atoms with van der Waals surface area (Å²) < 4.78 is 6.20. The molecule has 5 rings (SSSR count). The fraction of sp³-hybridized carbons (Fsp3) is 0.0400. The number of fused-ring (bicyclic) bond motifs is 3. The molecule has 0 fully saturated rings. The van der Waals surface area contributed by atoms with Gasteiger partial charge in [-0.1, -0.05) is 72.8 Å². The van der Waals surface area contributed by atoms with Crippen molar-refractivity contribution in [1.29, 1.82) is 0 Å². The van der Waals surface area contributed by atoms with Gasteiger partial charge >= 0.3 is 0 Å². The summed E-state index contributed by atoms with van der Waals surface area (Å²) in [4.78, 5) is 2.19. The second-order valence-corrected chi connectivity index (χ2v) is 6.73. The molecule has 0 radical (unpaired) electrons. The predicted octanol–water partition coefficient (Wildman–Crippen LogP) is 7.02. The molecule has 0 aliphatic heterocycles. The van der Waals surface area contributed by atoms with Crippen molar-refractivity contribution >= 4 is 33.3 Å². The zero-order chi connectivity index (χ0) is 18.2. The van der Waals surface area contributed by atoms with Crippen LogP contribution in [0.5, 0.6) is 0 Å². The van der Waals surface area contributed by atoms with Gasteiger partial charge < -0.3 is 9.32 Å². The van der Waals surface area contributed by atoms with Crippen LogP contribution in [-0.4, -0.2) is 7.05 Å². The third kappa shape index (κ3) is 2.67. The topological polar surface area (TPSA) is 16.4 Å². The van der Waals surface area contributed by atoms with Gasteiger partial charge in [0.1, 0.15) is 5.58 Å². The lowest BCUT2D eigenvalue weighted by Gasteiger charge is -2.20. The van der Waals surface area contributed by atoms with Gasteiger partial charge in [-0.2, -0.15) is 0 Å². The monoisotopic (exact) mass is 349 g/mol. The number of furan rings is 1. The number of hydrogen-bond acceptors (Lipinski definition) is 2. The minimum absolute atomic E-state index is 0.923. The fourth-order valence-corrected chi connectivity index (χ4v) is 3.66. The van der Waals surface area contributed by atoms with Crippen LogP contribution in [0.3, 0.4) is 0 Å². The van der Waals surface area contributed by atoms with Crippen molar-refractivity contribution in [3.05, 3.63) is 97.1 Å². The van der Waals surface area contributed by atoms with E-state index in [9.17, 15) is 0 Å². The van der Waals surface area contributed by atoms with Crippen LogP contribution in [0.15, 0.2) is 101 Å². The normalized spacial score (nSPS) is 11.1. The Balaban J connectivity index is 1.63. The first-order chi connectivity index (χ1) is 13.3. The molecule has 2 nitrogen and oxygen atoms in total. The summed E-state index contributed by atoms with van der Waals surface area (Å²) in [5.41, 5.74) is 6.46. The van der Waals surface area contributed by atoms with Crippen molar-refractivity contribution < 1.29 is 4.42 Å². The maximum absolute atomic E-state index is 6.20. The van der Waals surface area contributed by atoms with Crippen molar-refractivity contribution in [2.75, 3.05) is 11.9 Å². The van der Waals surface area contributed by atoms with Crippen LogP contribution in [0.2, 0.25) is 0 Å². The number of anilines is 2. The van der Waals surface area contributed by atoms with E-state index in [0.717, 1.165) is 33.3 Å². The lowest BCUT2D eigenvalue weighted by atomic mass is 10.0. The lowest BCUT2D eigenvalue weighted by Crippen LogP contribution is -2.09. The highest BCUT2D eigenvalue weighted by Crippen LogP contribution is 2.37. The smallest absolute Gasteiger partial charge is 0.159 e. The van der Waals surface area contributed by atoms with Crippen LogP contribution in [0, 0.1) is 0 Å². The molecule has 0 unspecified atom stereocenters. The molecule has 0 aliphatic carbocycles. The Morgan fingerprint density at radius 2 is 1.33 bits per heavy atom. The molecule has 0 saturated carbocycles. The highest BCUT2D eigenvalue weighted by Gasteiger charge is 2.14. The van der Waals surface area contributed by atoms with E-state index in [2.05, 4.69) is 90.8 Å². The lowest BCUT2D eigenvalue weighted by molar-refractivity contribution is 0.668. The van der Waals surface area contributed by atoms with E-state index in [4.69, 9.17) is 4.42 Å². The first-order valence-electron chi connectivity index (χ1n) is 9.11. The van der Waals surface area contributed by atoms with Crippen molar-refractivity contribution in [2.45, 2.75) is 0 Å². The Morgan fingerprint density at radius 1 is 0.630 bits per heavy atom. The molecule has 1 heterocycles. The second-order valence-electron chi connectivity index (χ2n) is 6.73. The molecule has 27 heavy (non-hydrogen) atoms. The summed E-state index contributed by atoms with van der Waals surface area (Å²) in [5.74, 6) is 0. The van der Waals surface area contributed by atoms with Gasteiger partial charge in [0.05, 0.1) is 5.69 Å². The van der Waals surface area contributed by atoms with Crippen LogP contribution in [0.1, 0.15) is 0 Å². The largest absolute Gasteiger partial charge is 0.454 e. The number of para-hydroxylation sites is 2. The minimum atomic E-state index is 0.923. The maximum Gasteiger partial charge on any atom is 0.159 e. The first kappa shape index (κ1) is 15.7. The standard InChI is InChI=1S/C25H19NO/c1-26(20-12-7-11-19(17-20)18-9-3-2-4-10-18)23-15-8-14-22-21-13-5-6-16-24(21)27-25(22)23/h2-17H,1H3. The van der Waals surface area contributed by atoms with E-state index in [1.165, 1.54) is 11.1 Å². The fourth-order valence-electron chi connectivity index (χ4n) is 3.66. The molecule has 0 bridgehead atoms. The molecule has 4 aromatic carbocycles. The highest BCUT2D eigenvalue weighted by molar-refractivity contribution is 6.09. The van der Waals surface area contributed by atoms with Gasteiger partial charge in [-0.25, -0.2) is 0 Å². The van der Waals surface area contributed by atoms with Gasteiger partial charge in [0.15, 0.2) is 5.58 Å². The predicted molar refractivity (Wildman–Crippen MR) is 114 cm³/mol. The van der Waals surface area contributed by atoms with E-state index in [0.29, 0.717) is 0 Å². The SMILES string of the molecule is CN(c1cccc(-c2ccccc2)c1)c1cccc2c1oc1ccccc12. The zero-order valence-electron chi connectivity index (χ0n) is 15.1. The van der Waals surface area contributed by atoms with Gasteiger partial charge in [0.2, 0.25) is 0 Å². The minimum Gasteiger partial charge on any atom is -0.454 e. The average Bonchev–Trinajstić information content (AvgIpc) is 3.13. The van der Waals surface area contributed by atoms with Crippen LogP contribution in [0.4, 0.5) is 11.4 Å². The Bertz CT molecular complexity index is 1240. The molecule has 5 aromatic rings. The molecule has 0 spiro atoms. The van der Waals surface area contributed by atoms with Crippen LogP contribution >= 0.6 is 0 Å². The van der Waals surface area contributed by atoms with E-state index >= 15 is 0 Å². The number of hydrogen-bond donors (Lipinski definition) is 0. The summed E-state index contributed by atoms with van der Waals surface area (Å²) in [7, 11) is 2.09. The van der Waals surface area contributed by atoms with Crippen LogP contribution < -0.4 is 4.90 Å². The molecular weight excluding hydrogens is 330 g/mol. The molecule has 0 saturated heterocycles. The molecule has 0 amide bonds. The number of benzene rings is 4. The van der Waals surface area contributed by atoms with Gasteiger partial charge in [0, 0.05) is 23.5 Å². The van der Waals surface area contributed by atoms with Crippen LogP contribution in [0.25, 0.3) is 33.1 Å². The summed E-state index contributed by atoms with van der Waals surface area (Å²) in [6.07, 6.45) is 0. The molecule has 130 valence electrons. The van der Waals surface area contributed by atoms with E-state index in [1.54, 1.807) is 0 Å². The molecule has 0 atom stereocenters.